The van der Waals surface area contributed by atoms with Gasteiger partial charge in [-0.25, -0.2) is 4.39 Å². The molecule has 1 atom stereocenters. The fourth-order valence-electron chi connectivity index (χ4n) is 3.95. The summed E-state index contributed by atoms with van der Waals surface area (Å²) < 4.78 is 15.4. The summed E-state index contributed by atoms with van der Waals surface area (Å²) in [6.07, 6.45) is 3.92. The molecular weight excluding hydrogens is 353 g/mol. The number of anilines is 1. The van der Waals surface area contributed by atoms with Gasteiger partial charge in [-0.1, -0.05) is 24.3 Å². The Kier molecular flexibility index (Phi) is 5.39. The third-order valence-corrected chi connectivity index (χ3v) is 5.50. The number of halogens is 1. The smallest absolute Gasteiger partial charge is 0.149 e. The molecule has 1 fully saturated rings. The van der Waals surface area contributed by atoms with Crippen molar-refractivity contribution in [1.29, 1.82) is 0 Å². The summed E-state index contributed by atoms with van der Waals surface area (Å²) >= 11 is 0. The van der Waals surface area contributed by atoms with Crippen molar-refractivity contribution in [1.82, 2.24) is 20.1 Å². The summed E-state index contributed by atoms with van der Waals surface area (Å²) in [5, 5.41) is 11.8. The summed E-state index contributed by atoms with van der Waals surface area (Å²) in [4.78, 5) is 2.42. The van der Waals surface area contributed by atoms with Gasteiger partial charge in [-0.3, -0.25) is 0 Å². The van der Waals surface area contributed by atoms with E-state index in [1.807, 2.05) is 17.7 Å². The number of nitrogens with zero attached hydrogens (tertiary/aromatic N) is 4. The molecule has 1 aliphatic rings. The number of aryl methyl sites for hydroxylation is 1. The molecule has 146 valence electrons. The van der Waals surface area contributed by atoms with E-state index in [2.05, 4.69) is 51.6 Å². The number of hydrogen-bond acceptors (Lipinski definition) is 4. The third kappa shape index (κ3) is 4.07. The molecule has 28 heavy (non-hydrogen) atoms. The molecule has 5 nitrogen and oxygen atoms in total. The Balaban J connectivity index is 1.34. The van der Waals surface area contributed by atoms with Crippen LogP contribution in [0.1, 0.15) is 31.6 Å². The highest BCUT2D eigenvalue weighted by Crippen LogP contribution is 2.26. The zero-order valence-electron chi connectivity index (χ0n) is 16.3. The fraction of sp³-hybridized carbons (Fsp3) is 0.364. The lowest BCUT2D eigenvalue weighted by atomic mass is 10.0. The van der Waals surface area contributed by atoms with Gasteiger partial charge in [-0.2, -0.15) is 0 Å². The van der Waals surface area contributed by atoms with E-state index in [4.69, 9.17) is 0 Å². The molecule has 1 saturated heterocycles. The summed E-state index contributed by atoms with van der Waals surface area (Å²) in [7, 11) is 1.98. The van der Waals surface area contributed by atoms with E-state index >= 15 is 0 Å². The second-order valence-corrected chi connectivity index (χ2v) is 7.51. The lowest BCUT2D eigenvalue weighted by Gasteiger charge is -2.35. The molecule has 0 radical (unpaired) electrons. The van der Waals surface area contributed by atoms with Crippen molar-refractivity contribution < 1.29 is 4.39 Å². The minimum Gasteiger partial charge on any atom is -0.371 e. The molecule has 3 aromatic rings. The largest absolute Gasteiger partial charge is 0.371 e. The van der Waals surface area contributed by atoms with Crippen molar-refractivity contribution in [2.45, 2.75) is 31.8 Å². The Hall–Kier alpha value is -2.73. The Morgan fingerprint density at radius 3 is 2.46 bits per heavy atom. The zero-order valence-corrected chi connectivity index (χ0v) is 16.3. The van der Waals surface area contributed by atoms with Crippen LogP contribution < -0.4 is 10.2 Å². The summed E-state index contributed by atoms with van der Waals surface area (Å²) in [6.45, 7) is 4.17. The van der Waals surface area contributed by atoms with Crippen LogP contribution in [0.4, 0.5) is 10.1 Å². The molecule has 0 aliphatic carbocycles. The molecule has 0 unspecified atom stereocenters. The summed E-state index contributed by atoms with van der Waals surface area (Å²) in [5.74, 6) is 0.766. The predicted octanol–water partition coefficient (Wildman–Crippen LogP) is 3.94. The molecule has 0 amide bonds. The number of benzene rings is 2. The van der Waals surface area contributed by atoms with Crippen molar-refractivity contribution in [3.8, 4) is 11.1 Å². The SMILES string of the molecule is C[C@H](NC1CCN(c2ccc(-c3cccc(F)c3)cc2)CC1)c1nncn1C. The number of piperidine rings is 1. The number of aromatic nitrogens is 3. The maximum absolute atomic E-state index is 13.4. The molecule has 6 heteroatoms. The van der Waals surface area contributed by atoms with Crippen LogP contribution in [-0.2, 0) is 7.05 Å². The molecule has 0 spiro atoms. The van der Waals surface area contributed by atoms with Crippen molar-refractivity contribution in [2.24, 2.45) is 7.05 Å². The first-order valence-corrected chi connectivity index (χ1v) is 9.81. The highest BCUT2D eigenvalue weighted by molar-refractivity contribution is 5.66. The minimum atomic E-state index is -0.202. The first-order chi connectivity index (χ1) is 13.6. The lowest BCUT2D eigenvalue weighted by molar-refractivity contribution is 0.370. The normalized spacial score (nSPS) is 16.3. The van der Waals surface area contributed by atoms with Crippen LogP contribution in [-0.4, -0.2) is 33.9 Å². The van der Waals surface area contributed by atoms with Crippen LogP contribution in [0.15, 0.2) is 54.9 Å². The Morgan fingerprint density at radius 1 is 1.07 bits per heavy atom. The molecule has 2 heterocycles. The Bertz CT molecular complexity index is 913. The first kappa shape index (κ1) is 18.6. The van der Waals surface area contributed by atoms with Gasteiger partial charge >= 0.3 is 0 Å². The predicted molar refractivity (Wildman–Crippen MR) is 110 cm³/mol. The van der Waals surface area contributed by atoms with Gasteiger partial charge in [0.05, 0.1) is 6.04 Å². The maximum Gasteiger partial charge on any atom is 0.149 e. The van der Waals surface area contributed by atoms with Crippen molar-refractivity contribution in [2.75, 3.05) is 18.0 Å². The maximum atomic E-state index is 13.4. The molecule has 0 saturated carbocycles. The van der Waals surface area contributed by atoms with E-state index in [-0.39, 0.29) is 11.9 Å². The quantitative estimate of drug-likeness (QED) is 0.729. The van der Waals surface area contributed by atoms with Gasteiger partial charge in [0, 0.05) is 31.9 Å². The molecule has 2 aromatic carbocycles. The van der Waals surface area contributed by atoms with E-state index < -0.39 is 0 Å². The summed E-state index contributed by atoms with van der Waals surface area (Å²) in [5.41, 5.74) is 3.17. The standard InChI is InChI=1S/C22H26FN5/c1-16(22-26-24-15-27(22)2)25-20-10-12-28(13-11-20)21-8-6-17(7-9-21)18-4-3-5-19(23)14-18/h3-9,14-16,20,25H,10-13H2,1-2H3/t16-/m0/s1. The number of rotatable bonds is 5. The molecule has 4 rings (SSSR count). The average Bonchev–Trinajstić information content (AvgIpc) is 3.15. The summed E-state index contributed by atoms with van der Waals surface area (Å²) in [6, 6.07) is 15.8. The highest BCUT2D eigenvalue weighted by atomic mass is 19.1. The van der Waals surface area contributed by atoms with Crippen molar-refractivity contribution in [3.63, 3.8) is 0 Å². The Labute approximate surface area is 165 Å². The lowest BCUT2D eigenvalue weighted by Crippen LogP contribution is -2.43. The van der Waals surface area contributed by atoms with Crippen LogP contribution in [0, 0.1) is 5.82 Å². The monoisotopic (exact) mass is 379 g/mol. The molecule has 1 aromatic heterocycles. The van der Waals surface area contributed by atoms with E-state index in [1.165, 1.54) is 11.8 Å². The van der Waals surface area contributed by atoms with Gasteiger partial charge in [0.25, 0.3) is 0 Å². The van der Waals surface area contributed by atoms with Crippen LogP contribution in [0.3, 0.4) is 0 Å². The molecule has 0 bridgehead atoms. The van der Waals surface area contributed by atoms with E-state index in [9.17, 15) is 4.39 Å². The molecule has 1 N–H and O–H groups in total. The van der Waals surface area contributed by atoms with Gasteiger partial charge in [0.15, 0.2) is 0 Å². The minimum absolute atomic E-state index is 0.189. The van der Waals surface area contributed by atoms with Crippen LogP contribution in [0.5, 0.6) is 0 Å². The average molecular weight is 379 g/mol. The first-order valence-electron chi connectivity index (χ1n) is 9.81. The van der Waals surface area contributed by atoms with Crippen LogP contribution >= 0.6 is 0 Å². The van der Waals surface area contributed by atoms with Crippen molar-refractivity contribution >= 4 is 5.69 Å². The molecular formula is C22H26FN5. The Morgan fingerprint density at radius 2 is 1.82 bits per heavy atom. The number of hydrogen-bond donors (Lipinski definition) is 1. The van der Waals surface area contributed by atoms with Gasteiger partial charge in [-0.15, -0.1) is 10.2 Å². The van der Waals surface area contributed by atoms with Gasteiger partial charge in [0.2, 0.25) is 0 Å². The van der Waals surface area contributed by atoms with Gasteiger partial charge in [0.1, 0.15) is 18.0 Å². The van der Waals surface area contributed by atoms with E-state index in [1.54, 1.807) is 18.5 Å². The van der Waals surface area contributed by atoms with E-state index in [0.717, 1.165) is 42.9 Å². The highest BCUT2D eigenvalue weighted by Gasteiger charge is 2.22. The second kappa shape index (κ2) is 8.10. The topological polar surface area (TPSA) is 46.0 Å². The number of nitrogens with one attached hydrogen (secondary N) is 1. The van der Waals surface area contributed by atoms with Crippen LogP contribution in [0.25, 0.3) is 11.1 Å². The van der Waals surface area contributed by atoms with Gasteiger partial charge in [-0.05, 0) is 55.2 Å². The van der Waals surface area contributed by atoms with Gasteiger partial charge < -0.3 is 14.8 Å². The zero-order chi connectivity index (χ0) is 19.5. The second-order valence-electron chi connectivity index (χ2n) is 7.51. The fourth-order valence-corrected chi connectivity index (χ4v) is 3.95. The van der Waals surface area contributed by atoms with Crippen molar-refractivity contribution in [3.05, 3.63) is 66.5 Å². The van der Waals surface area contributed by atoms with Crippen LogP contribution in [0.2, 0.25) is 0 Å². The third-order valence-electron chi connectivity index (χ3n) is 5.50. The van der Waals surface area contributed by atoms with E-state index in [0.29, 0.717) is 6.04 Å². The molecule has 1 aliphatic heterocycles.